The summed E-state index contributed by atoms with van der Waals surface area (Å²) in [5.74, 6) is 1.17. The summed E-state index contributed by atoms with van der Waals surface area (Å²) in [6.45, 7) is 2.99. The summed E-state index contributed by atoms with van der Waals surface area (Å²) in [7, 11) is 4.16. The molecule has 0 amide bonds. The Morgan fingerprint density at radius 1 is 1.25 bits per heavy atom. The van der Waals surface area contributed by atoms with Crippen LogP contribution in [-0.2, 0) is 6.54 Å². The van der Waals surface area contributed by atoms with E-state index in [1.165, 1.54) is 24.2 Å². The first kappa shape index (κ1) is 13.2. The van der Waals surface area contributed by atoms with Gasteiger partial charge in [0.25, 0.3) is 0 Å². The molecule has 1 saturated carbocycles. The molecule has 1 aromatic carbocycles. The minimum atomic E-state index is 0.712. The van der Waals surface area contributed by atoms with E-state index in [2.05, 4.69) is 43.4 Å². The molecule has 1 fully saturated rings. The Hall–Kier alpha value is -1.81. The highest BCUT2D eigenvalue weighted by atomic mass is 15.4. The van der Waals surface area contributed by atoms with Crippen LogP contribution in [0, 0.1) is 6.92 Å². The van der Waals surface area contributed by atoms with E-state index in [1.807, 2.05) is 22.9 Å². The smallest absolute Gasteiger partial charge is 0.136 e. The summed E-state index contributed by atoms with van der Waals surface area (Å²) in [6.07, 6.45) is 2.62. The second-order valence-electron chi connectivity index (χ2n) is 5.68. The van der Waals surface area contributed by atoms with Gasteiger partial charge in [0.05, 0.1) is 11.4 Å². The van der Waals surface area contributed by atoms with Gasteiger partial charge >= 0.3 is 0 Å². The highest BCUT2D eigenvalue weighted by Gasteiger charge is 2.23. The van der Waals surface area contributed by atoms with Gasteiger partial charge in [-0.05, 0) is 31.9 Å². The Bertz CT molecular complexity index is 582. The van der Waals surface area contributed by atoms with Crippen LogP contribution in [0.1, 0.15) is 24.1 Å². The van der Waals surface area contributed by atoms with E-state index in [0.29, 0.717) is 6.04 Å². The van der Waals surface area contributed by atoms with Gasteiger partial charge < -0.3 is 10.2 Å². The van der Waals surface area contributed by atoms with Crippen molar-refractivity contribution in [3.8, 4) is 5.69 Å². The molecule has 1 aliphatic carbocycles. The van der Waals surface area contributed by atoms with Gasteiger partial charge in [0.1, 0.15) is 5.82 Å². The van der Waals surface area contributed by atoms with Crippen LogP contribution >= 0.6 is 0 Å². The van der Waals surface area contributed by atoms with E-state index in [-0.39, 0.29) is 0 Å². The van der Waals surface area contributed by atoms with Gasteiger partial charge in [0.15, 0.2) is 0 Å². The van der Waals surface area contributed by atoms with Crippen molar-refractivity contribution in [3.05, 3.63) is 41.6 Å². The molecule has 3 rings (SSSR count). The minimum absolute atomic E-state index is 0.712. The molecule has 0 bridgehead atoms. The number of rotatable bonds is 5. The topological polar surface area (TPSA) is 33.1 Å². The monoisotopic (exact) mass is 270 g/mol. The second kappa shape index (κ2) is 5.29. The maximum absolute atomic E-state index is 4.74. The number of aryl methyl sites for hydroxylation is 1. The Balaban J connectivity index is 1.99. The van der Waals surface area contributed by atoms with Crippen molar-refractivity contribution in [3.63, 3.8) is 0 Å². The molecule has 0 spiro atoms. The molecule has 106 valence electrons. The quantitative estimate of drug-likeness (QED) is 0.906. The molecule has 1 heterocycles. The summed E-state index contributed by atoms with van der Waals surface area (Å²) in [4.78, 5) is 2.15. The van der Waals surface area contributed by atoms with Crippen molar-refractivity contribution in [1.82, 2.24) is 15.1 Å². The van der Waals surface area contributed by atoms with Crippen molar-refractivity contribution in [2.45, 2.75) is 32.4 Å². The molecular formula is C16H22N4. The molecule has 4 nitrogen and oxygen atoms in total. The van der Waals surface area contributed by atoms with E-state index in [0.717, 1.165) is 17.9 Å². The second-order valence-corrected chi connectivity index (χ2v) is 5.68. The zero-order valence-corrected chi connectivity index (χ0v) is 12.4. The largest absolute Gasteiger partial charge is 0.362 e. The van der Waals surface area contributed by atoms with E-state index >= 15 is 0 Å². The van der Waals surface area contributed by atoms with Gasteiger partial charge in [0, 0.05) is 32.2 Å². The van der Waals surface area contributed by atoms with Gasteiger partial charge in [0.2, 0.25) is 0 Å². The third-order valence-electron chi connectivity index (χ3n) is 3.73. The van der Waals surface area contributed by atoms with Gasteiger partial charge in [-0.2, -0.15) is 5.10 Å². The van der Waals surface area contributed by atoms with Crippen LogP contribution in [0.25, 0.3) is 5.69 Å². The lowest BCUT2D eigenvalue weighted by Gasteiger charge is -2.17. The molecule has 1 N–H and O–H groups in total. The standard InChI is InChI=1S/C16H22N4/c1-12-15(11-17-13-9-10-13)16(19(2)3)20(18-12)14-7-5-4-6-8-14/h4-8,13,17H,9-11H2,1-3H3. The minimum Gasteiger partial charge on any atom is -0.362 e. The van der Waals surface area contributed by atoms with E-state index < -0.39 is 0 Å². The van der Waals surface area contributed by atoms with Crippen molar-refractivity contribution in [2.75, 3.05) is 19.0 Å². The van der Waals surface area contributed by atoms with E-state index in [1.54, 1.807) is 0 Å². The van der Waals surface area contributed by atoms with Crippen molar-refractivity contribution in [2.24, 2.45) is 0 Å². The predicted octanol–water partition coefficient (Wildman–Crippen LogP) is 2.50. The number of para-hydroxylation sites is 1. The van der Waals surface area contributed by atoms with Crippen LogP contribution in [0.4, 0.5) is 5.82 Å². The normalized spacial score (nSPS) is 14.6. The Morgan fingerprint density at radius 2 is 1.95 bits per heavy atom. The van der Waals surface area contributed by atoms with Crippen molar-refractivity contribution >= 4 is 5.82 Å². The Morgan fingerprint density at radius 3 is 2.55 bits per heavy atom. The molecular weight excluding hydrogens is 248 g/mol. The molecule has 4 heteroatoms. The molecule has 1 aliphatic rings. The van der Waals surface area contributed by atoms with Crippen molar-refractivity contribution in [1.29, 1.82) is 0 Å². The van der Waals surface area contributed by atoms with Gasteiger partial charge in [-0.25, -0.2) is 4.68 Å². The molecule has 0 saturated heterocycles. The summed E-state index contributed by atoms with van der Waals surface area (Å²) in [5, 5.41) is 8.33. The van der Waals surface area contributed by atoms with Crippen LogP contribution in [0.5, 0.6) is 0 Å². The maximum Gasteiger partial charge on any atom is 0.136 e. The Kier molecular flexibility index (Phi) is 3.49. The fourth-order valence-electron chi connectivity index (χ4n) is 2.50. The third kappa shape index (κ3) is 2.56. The highest BCUT2D eigenvalue weighted by molar-refractivity contribution is 5.54. The van der Waals surface area contributed by atoms with Crippen molar-refractivity contribution < 1.29 is 0 Å². The predicted molar refractivity (Wildman–Crippen MR) is 82.5 cm³/mol. The number of nitrogens with zero attached hydrogens (tertiary/aromatic N) is 3. The van der Waals surface area contributed by atoms with Crippen LogP contribution in [-0.4, -0.2) is 29.9 Å². The summed E-state index contributed by atoms with van der Waals surface area (Å²) < 4.78 is 2.04. The molecule has 0 atom stereocenters. The number of nitrogens with one attached hydrogen (secondary N) is 1. The number of hydrogen-bond donors (Lipinski definition) is 1. The lowest BCUT2D eigenvalue weighted by Crippen LogP contribution is -2.20. The lowest BCUT2D eigenvalue weighted by molar-refractivity contribution is 0.684. The molecule has 0 radical (unpaired) electrons. The summed E-state index contributed by atoms with van der Waals surface area (Å²) >= 11 is 0. The fraction of sp³-hybridized carbons (Fsp3) is 0.438. The van der Waals surface area contributed by atoms with E-state index in [4.69, 9.17) is 5.10 Å². The number of aromatic nitrogens is 2. The average molecular weight is 270 g/mol. The SMILES string of the molecule is Cc1nn(-c2ccccc2)c(N(C)C)c1CNC1CC1. The van der Waals surface area contributed by atoms with Gasteiger partial charge in [-0.3, -0.25) is 0 Å². The molecule has 20 heavy (non-hydrogen) atoms. The zero-order valence-electron chi connectivity index (χ0n) is 12.4. The van der Waals surface area contributed by atoms with Gasteiger partial charge in [-0.15, -0.1) is 0 Å². The summed E-state index contributed by atoms with van der Waals surface area (Å²) in [5.41, 5.74) is 3.51. The number of benzene rings is 1. The van der Waals surface area contributed by atoms with Crippen LogP contribution < -0.4 is 10.2 Å². The Labute approximate surface area is 120 Å². The highest BCUT2D eigenvalue weighted by Crippen LogP contribution is 2.27. The first-order valence-electron chi connectivity index (χ1n) is 7.21. The van der Waals surface area contributed by atoms with Crippen LogP contribution in [0.3, 0.4) is 0 Å². The van der Waals surface area contributed by atoms with Gasteiger partial charge in [-0.1, -0.05) is 18.2 Å². The molecule has 2 aromatic rings. The first-order chi connectivity index (χ1) is 9.66. The third-order valence-corrected chi connectivity index (χ3v) is 3.73. The summed E-state index contributed by atoms with van der Waals surface area (Å²) in [6, 6.07) is 11.0. The van der Waals surface area contributed by atoms with Crippen LogP contribution in [0.15, 0.2) is 30.3 Å². The lowest BCUT2D eigenvalue weighted by atomic mass is 10.2. The average Bonchev–Trinajstić information content (AvgIpc) is 3.20. The number of anilines is 1. The van der Waals surface area contributed by atoms with Crippen LogP contribution in [0.2, 0.25) is 0 Å². The fourth-order valence-corrected chi connectivity index (χ4v) is 2.50. The van der Waals surface area contributed by atoms with E-state index in [9.17, 15) is 0 Å². The molecule has 0 unspecified atom stereocenters. The first-order valence-corrected chi connectivity index (χ1v) is 7.21. The maximum atomic E-state index is 4.74. The zero-order chi connectivity index (χ0) is 14.1. The molecule has 1 aromatic heterocycles. The molecule has 0 aliphatic heterocycles. The number of hydrogen-bond acceptors (Lipinski definition) is 3.